The number of nitrogens with zero attached hydrogens (tertiary/aromatic N) is 5. The third-order valence-electron chi connectivity index (χ3n) is 10.8. The Labute approximate surface area is 412 Å². The van der Waals surface area contributed by atoms with Crippen LogP contribution in [0, 0.1) is 30.3 Å². The van der Waals surface area contributed by atoms with Gasteiger partial charge in [0, 0.05) is 99.9 Å². The minimum absolute atomic E-state index is 0. The predicted molar refractivity (Wildman–Crippen MR) is 252 cm³/mol. The number of hydrogen-bond donors (Lipinski definition) is 4. The molecule has 0 bridgehead atoms. The number of nitrogens with one attached hydrogen (secondary N) is 2. The summed E-state index contributed by atoms with van der Waals surface area (Å²) in [5.74, 6) is 2.10. The van der Waals surface area contributed by atoms with Crippen LogP contribution in [0.1, 0.15) is 31.5 Å². The monoisotopic (exact) mass is 943 g/mol. The van der Waals surface area contributed by atoms with Crippen molar-refractivity contribution in [2.24, 2.45) is 14.1 Å². The van der Waals surface area contributed by atoms with Gasteiger partial charge in [-0.15, -0.1) is 0 Å². The first-order valence-corrected chi connectivity index (χ1v) is 19.9. The molecule has 0 spiro atoms. The van der Waals surface area contributed by atoms with E-state index in [0.717, 1.165) is 11.1 Å². The van der Waals surface area contributed by atoms with E-state index in [4.69, 9.17) is 15.8 Å². The van der Waals surface area contributed by atoms with E-state index >= 15 is 0 Å². The van der Waals surface area contributed by atoms with Crippen LogP contribution in [0.25, 0.3) is 72.0 Å². The predicted octanol–water partition coefficient (Wildman–Crippen LogP) is 7.86. The smallest absolute Gasteiger partial charge is 0.553 e. The van der Waals surface area contributed by atoms with Gasteiger partial charge in [-0.3, -0.25) is 30.3 Å². The van der Waals surface area contributed by atoms with E-state index in [1.165, 1.54) is 49.6 Å². The molecule has 0 amide bonds. The van der Waals surface area contributed by atoms with Gasteiger partial charge >= 0.3 is 47.5 Å². The molecule has 344 valence electrons. The number of carbonyl (C=O) groups excluding carboxylic acids is 1. The summed E-state index contributed by atoms with van der Waals surface area (Å²) in [7, 11) is 4.70. The van der Waals surface area contributed by atoms with E-state index in [9.17, 15) is 54.9 Å². The van der Waals surface area contributed by atoms with Crippen LogP contribution in [0.2, 0.25) is 0 Å². The Morgan fingerprint density at radius 1 is 0.536 bits per heavy atom. The molecule has 0 radical (unpaired) electrons. The molecular weight excluding hydrogens is 906 g/mol. The standard InChI is InChI=1S/C17H14N2O4.C16H12N2O4.C15H10N2O4.H2NO.Na/c1-18-14-9-8-12(19(21)22)10-13(14)15(16(18)17(20)23-2)11-6-4-3-5-7-11;1-17-13-8-7-11(18(21)22)9-12(13)14(15(17)16(19)20)10-5-3-2-4-6-10;18-15(19)14-13(9-4-2-1-3-5-9)11-8-10(17(20)21)6-7-12(11)16-14;1-2;/h3-10H,1-2H3;2-9H,1H3,(H,19,20);1-8,16H,(H,18,19);1-2H;/q;;;-1;+1. The van der Waals surface area contributed by atoms with Crippen LogP contribution in [0.15, 0.2) is 146 Å². The quantitative estimate of drug-likeness (QED) is 0.0464. The zero-order chi connectivity index (χ0) is 49.4. The number of esters is 1. The first-order valence-electron chi connectivity index (χ1n) is 19.9. The molecule has 3 heterocycles. The van der Waals surface area contributed by atoms with Gasteiger partial charge in [-0.1, -0.05) is 91.0 Å². The number of nitro groups is 3. The number of benzene rings is 6. The van der Waals surface area contributed by atoms with Crippen molar-refractivity contribution < 1.29 is 78.9 Å². The van der Waals surface area contributed by atoms with E-state index in [-0.39, 0.29) is 58.0 Å². The summed E-state index contributed by atoms with van der Waals surface area (Å²) in [6, 6.07) is 40.5. The number of H-pyrrole nitrogens is 1. The Hall–Kier alpha value is -8.53. The second kappa shape index (κ2) is 22.3. The number of aromatic carboxylic acids is 2. The average molecular weight is 944 g/mol. The van der Waals surface area contributed by atoms with Gasteiger partial charge in [0.25, 0.3) is 17.1 Å². The number of hydrogen-bond acceptors (Lipinski definition) is 11. The number of carboxylic acids is 2. The Kier molecular flexibility index (Phi) is 16.6. The number of rotatable bonds is 9. The fourth-order valence-electron chi connectivity index (χ4n) is 7.83. The number of ether oxygens (including phenoxy) is 1. The third kappa shape index (κ3) is 10.5. The summed E-state index contributed by atoms with van der Waals surface area (Å²) in [6.45, 7) is 0. The number of non-ortho nitro benzene ring substituents is 3. The second-order valence-corrected chi connectivity index (χ2v) is 14.5. The Morgan fingerprint density at radius 3 is 1.28 bits per heavy atom. The largest absolute Gasteiger partial charge is 1.00 e. The maximum Gasteiger partial charge on any atom is 1.00 e. The van der Waals surface area contributed by atoms with E-state index in [1.807, 2.05) is 42.5 Å². The van der Waals surface area contributed by atoms with Crippen LogP contribution in [0.4, 0.5) is 17.1 Å². The minimum atomic E-state index is -1.10. The van der Waals surface area contributed by atoms with Crippen LogP contribution in [0.5, 0.6) is 0 Å². The van der Waals surface area contributed by atoms with Crippen LogP contribution in [-0.2, 0) is 18.8 Å². The van der Waals surface area contributed by atoms with Gasteiger partial charge in [0.1, 0.15) is 17.1 Å². The molecule has 0 saturated heterocycles. The molecule has 0 aliphatic heterocycles. The number of aromatic amines is 1. The Bertz CT molecular complexity index is 3390. The molecule has 6 aromatic carbocycles. The Morgan fingerprint density at radius 2 is 0.899 bits per heavy atom. The van der Waals surface area contributed by atoms with E-state index < -0.39 is 32.7 Å². The van der Waals surface area contributed by atoms with Crippen molar-refractivity contribution in [3.8, 4) is 33.4 Å². The fourth-order valence-corrected chi connectivity index (χ4v) is 7.83. The van der Waals surface area contributed by atoms with Crippen LogP contribution in [-0.4, -0.2) is 69.3 Å². The maximum absolute atomic E-state index is 12.2. The number of methoxy groups -OCH3 is 1. The number of carboxylic acid groups (broad SMARTS) is 2. The molecule has 5 N–H and O–H groups in total. The van der Waals surface area contributed by atoms with Crippen LogP contribution >= 0.6 is 0 Å². The van der Waals surface area contributed by atoms with Crippen molar-refractivity contribution in [2.45, 2.75) is 0 Å². The van der Waals surface area contributed by atoms with Crippen molar-refractivity contribution >= 4 is 67.7 Å². The number of aryl methyl sites for hydroxylation is 2. The Balaban J connectivity index is 0.000000188. The van der Waals surface area contributed by atoms with Gasteiger partial charge in [0.05, 0.1) is 21.9 Å². The third-order valence-corrected chi connectivity index (χ3v) is 10.8. The van der Waals surface area contributed by atoms with Crippen LogP contribution in [0.3, 0.4) is 0 Å². The molecule has 0 unspecified atom stereocenters. The van der Waals surface area contributed by atoms with Gasteiger partial charge in [0.15, 0.2) is 0 Å². The molecule has 9 aromatic rings. The van der Waals surface area contributed by atoms with E-state index in [0.29, 0.717) is 60.7 Å². The van der Waals surface area contributed by atoms with Gasteiger partial charge in [-0.2, -0.15) is 0 Å². The first-order chi connectivity index (χ1) is 32.6. The van der Waals surface area contributed by atoms with Crippen molar-refractivity contribution in [3.05, 3.63) is 199 Å². The first kappa shape index (κ1) is 51.5. The summed E-state index contributed by atoms with van der Waals surface area (Å²) in [5, 5.41) is 59.8. The molecule has 0 fully saturated rings. The topological polar surface area (TPSA) is 300 Å². The number of aromatic nitrogens is 3. The summed E-state index contributed by atoms with van der Waals surface area (Å²) < 4.78 is 8.14. The van der Waals surface area contributed by atoms with Crippen LogP contribution < -0.4 is 29.6 Å². The number of nitro benzene ring substituents is 3. The molecule has 9 rings (SSSR count). The molecule has 21 heteroatoms. The molecule has 3 aromatic heterocycles. The molecule has 0 aliphatic carbocycles. The SMILES string of the molecule is COC(=O)c1c(-c2ccccc2)c2cc([N+](=O)[O-])ccc2n1C.Cn1c(C(=O)O)c(-c2ccccc2)c2cc([N+](=O)[O-])ccc21.O=C(O)c1[nH]c2ccc([N+](=O)[O-])cc2c1-c1ccccc1.[NH-]O.[Na+]. The molecular formula is C48H38N7NaO13. The van der Waals surface area contributed by atoms with E-state index in [2.05, 4.69) is 4.98 Å². The van der Waals surface area contributed by atoms with Gasteiger partial charge in [0.2, 0.25) is 0 Å². The molecule has 69 heavy (non-hydrogen) atoms. The second-order valence-electron chi connectivity index (χ2n) is 14.5. The normalized spacial score (nSPS) is 10.3. The maximum atomic E-state index is 12.2. The zero-order valence-electron chi connectivity index (χ0n) is 37.0. The minimum Gasteiger partial charge on any atom is -0.553 e. The summed E-state index contributed by atoms with van der Waals surface area (Å²) in [4.78, 5) is 69.7. The summed E-state index contributed by atoms with van der Waals surface area (Å²) in [6.07, 6.45) is 0. The number of carbonyl (C=O) groups is 3. The number of fused-ring (bicyclic) bond motifs is 3. The van der Waals surface area contributed by atoms with Crippen molar-refractivity contribution in [1.29, 1.82) is 0 Å². The van der Waals surface area contributed by atoms with Gasteiger partial charge in [-0.05, 0) is 34.9 Å². The fraction of sp³-hybridized carbons (Fsp3) is 0.0625. The molecule has 0 atom stereocenters. The van der Waals surface area contributed by atoms with E-state index in [1.54, 1.807) is 83.9 Å². The summed E-state index contributed by atoms with van der Waals surface area (Å²) in [5.41, 5.74) is 6.09. The molecule has 0 aliphatic rings. The zero-order valence-corrected chi connectivity index (χ0v) is 39.0. The van der Waals surface area contributed by atoms with Gasteiger partial charge in [-0.25, -0.2) is 14.4 Å². The van der Waals surface area contributed by atoms with Crippen molar-refractivity contribution in [1.82, 2.24) is 14.1 Å². The van der Waals surface area contributed by atoms with Crippen molar-refractivity contribution in [2.75, 3.05) is 7.11 Å². The average Bonchev–Trinajstić information content (AvgIpc) is 3.99. The molecule has 0 saturated carbocycles. The van der Waals surface area contributed by atoms with Gasteiger partial charge < -0.3 is 40.2 Å². The van der Waals surface area contributed by atoms with Crippen molar-refractivity contribution in [3.63, 3.8) is 0 Å². The summed E-state index contributed by atoms with van der Waals surface area (Å²) >= 11 is 0. The molecule has 20 nitrogen and oxygen atoms in total.